The predicted octanol–water partition coefficient (Wildman–Crippen LogP) is 3.58. The van der Waals surface area contributed by atoms with E-state index in [4.69, 9.17) is 10.5 Å². The van der Waals surface area contributed by atoms with Crippen LogP contribution in [0.5, 0.6) is 0 Å². The SMILES string of the molecule is N#CC(C#N)=Cc1ccccc1N1CCN(c2ccc(F)cc2)CC1. The van der Waals surface area contributed by atoms with Crippen molar-refractivity contribution in [2.45, 2.75) is 0 Å². The number of benzene rings is 2. The van der Waals surface area contributed by atoms with E-state index in [-0.39, 0.29) is 11.4 Å². The van der Waals surface area contributed by atoms with Gasteiger partial charge in [-0.25, -0.2) is 4.39 Å². The molecule has 0 amide bonds. The molecule has 124 valence electrons. The molecule has 1 heterocycles. The van der Waals surface area contributed by atoms with Gasteiger partial charge in [-0.3, -0.25) is 0 Å². The lowest BCUT2D eigenvalue weighted by Crippen LogP contribution is -2.46. The Bertz CT molecular complexity index is 835. The van der Waals surface area contributed by atoms with Crippen molar-refractivity contribution in [1.29, 1.82) is 10.5 Å². The van der Waals surface area contributed by atoms with Crippen LogP contribution in [-0.2, 0) is 0 Å². The number of rotatable bonds is 3. The maximum Gasteiger partial charge on any atom is 0.130 e. The molecule has 1 aliphatic heterocycles. The van der Waals surface area contributed by atoms with E-state index in [1.165, 1.54) is 12.1 Å². The molecule has 0 aliphatic carbocycles. The highest BCUT2D eigenvalue weighted by Crippen LogP contribution is 2.25. The fourth-order valence-corrected chi connectivity index (χ4v) is 3.00. The topological polar surface area (TPSA) is 54.1 Å². The van der Waals surface area contributed by atoms with E-state index >= 15 is 0 Å². The maximum atomic E-state index is 13.1. The van der Waals surface area contributed by atoms with E-state index in [1.54, 1.807) is 18.2 Å². The van der Waals surface area contributed by atoms with Crippen molar-refractivity contribution < 1.29 is 4.39 Å². The van der Waals surface area contributed by atoms with Crippen LogP contribution in [0.15, 0.2) is 54.1 Å². The highest BCUT2D eigenvalue weighted by atomic mass is 19.1. The van der Waals surface area contributed by atoms with Gasteiger partial charge in [-0.15, -0.1) is 0 Å². The lowest BCUT2D eigenvalue weighted by Gasteiger charge is -2.38. The summed E-state index contributed by atoms with van der Waals surface area (Å²) in [6.45, 7) is 3.29. The molecule has 0 radical (unpaired) electrons. The molecule has 1 saturated heterocycles. The number of allylic oxidation sites excluding steroid dienone is 1. The van der Waals surface area contributed by atoms with Gasteiger partial charge in [0.1, 0.15) is 23.5 Å². The molecule has 0 atom stereocenters. The van der Waals surface area contributed by atoms with Gasteiger partial charge in [-0.1, -0.05) is 18.2 Å². The molecular formula is C20H17FN4. The van der Waals surface area contributed by atoms with Crippen LogP contribution in [0.4, 0.5) is 15.8 Å². The van der Waals surface area contributed by atoms with E-state index in [9.17, 15) is 4.39 Å². The van der Waals surface area contributed by atoms with Crippen LogP contribution in [0.2, 0.25) is 0 Å². The number of piperazine rings is 1. The van der Waals surface area contributed by atoms with Gasteiger partial charge in [0.2, 0.25) is 0 Å². The molecule has 0 spiro atoms. The lowest BCUT2D eigenvalue weighted by molar-refractivity contribution is 0.625. The molecule has 2 aromatic rings. The first-order valence-corrected chi connectivity index (χ1v) is 8.07. The van der Waals surface area contributed by atoms with Crippen LogP contribution >= 0.6 is 0 Å². The van der Waals surface area contributed by atoms with Crippen molar-refractivity contribution in [2.24, 2.45) is 0 Å². The van der Waals surface area contributed by atoms with Crippen molar-refractivity contribution in [1.82, 2.24) is 0 Å². The van der Waals surface area contributed by atoms with Gasteiger partial charge < -0.3 is 9.80 Å². The van der Waals surface area contributed by atoms with Crippen LogP contribution < -0.4 is 9.80 Å². The highest BCUT2D eigenvalue weighted by Gasteiger charge is 2.19. The van der Waals surface area contributed by atoms with Gasteiger partial charge in [0.15, 0.2) is 0 Å². The molecule has 1 aliphatic rings. The normalized spacial score (nSPS) is 13.7. The van der Waals surface area contributed by atoms with Gasteiger partial charge in [-0.2, -0.15) is 10.5 Å². The molecule has 5 heteroatoms. The Balaban J connectivity index is 1.76. The lowest BCUT2D eigenvalue weighted by atomic mass is 10.1. The predicted molar refractivity (Wildman–Crippen MR) is 96.5 cm³/mol. The monoisotopic (exact) mass is 332 g/mol. The van der Waals surface area contributed by atoms with E-state index in [0.29, 0.717) is 0 Å². The van der Waals surface area contributed by atoms with E-state index in [0.717, 1.165) is 43.1 Å². The Labute approximate surface area is 146 Å². The van der Waals surface area contributed by atoms with E-state index in [1.807, 2.05) is 36.4 Å². The van der Waals surface area contributed by atoms with Crippen LogP contribution in [0.3, 0.4) is 0 Å². The minimum Gasteiger partial charge on any atom is -0.368 e. The van der Waals surface area contributed by atoms with Crippen molar-refractivity contribution in [3.63, 3.8) is 0 Å². The van der Waals surface area contributed by atoms with Crippen LogP contribution in [-0.4, -0.2) is 26.2 Å². The first-order valence-electron chi connectivity index (χ1n) is 8.07. The second-order valence-corrected chi connectivity index (χ2v) is 5.79. The molecule has 0 saturated carbocycles. The molecule has 4 nitrogen and oxygen atoms in total. The second kappa shape index (κ2) is 7.51. The molecule has 0 aromatic heterocycles. The Hall–Kier alpha value is -3.31. The van der Waals surface area contributed by atoms with Crippen molar-refractivity contribution in [2.75, 3.05) is 36.0 Å². The van der Waals surface area contributed by atoms with Crippen LogP contribution in [0.1, 0.15) is 5.56 Å². The minimum absolute atomic E-state index is 0.0948. The summed E-state index contributed by atoms with van der Waals surface area (Å²) in [6, 6.07) is 18.1. The van der Waals surface area contributed by atoms with Crippen LogP contribution in [0.25, 0.3) is 6.08 Å². The number of halogens is 1. The largest absolute Gasteiger partial charge is 0.368 e. The fourth-order valence-electron chi connectivity index (χ4n) is 3.00. The summed E-state index contributed by atoms with van der Waals surface area (Å²) in [5.41, 5.74) is 3.00. The zero-order valence-corrected chi connectivity index (χ0v) is 13.7. The standard InChI is InChI=1S/C20H17FN4/c21-18-5-7-19(8-6-18)24-9-11-25(12-10-24)20-4-2-1-3-17(20)13-16(14-22)15-23/h1-8,13H,9-12H2. The van der Waals surface area contributed by atoms with Crippen molar-refractivity contribution in [3.05, 3.63) is 65.5 Å². The van der Waals surface area contributed by atoms with Gasteiger partial charge in [0.25, 0.3) is 0 Å². The number of hydrogen-bond donors (Lipinski definition) is 0. The summed E-state index contributed by atoms with van der Waals surface area (Å²) in [6.07, 6.45) is 1.63. The molecule has 0 N–H and O–H groups in total. The Morgan fingerprint density at radius 2 is 1.48 bits per heavy atom. The van der Waals surface area contributed by atoms with Gasteiger partial charge in [0.05, 0.1) is 0 Å². The molecule has 1 fully saturated rings. The summed E-state index contributed by atoms with van der Waals surface area (Å²) in [4.78, 5) is 4.47. The quantitative estimate of drug-likeness (QED) is 0.806. The number of nitrogens with zero attached hydrogens (tertiary/aromatic N) is 4. The minimum atomic E-state index is -0.228. The first-order chi connectivity index (χ1) is 12.2. The third-order valence-corrected chi connectivity index (χ3v) is 4.29. The third kappa shape index (κ3) is 3.79. The van der Waals surface area contributed by atoms with Gasteiger partial charge >= 0.3 is 0 Å². The Morgan fingerprint density at radius 1 is 0.880 bits per heavy atom. The zero-order valence-electron chi connectivity index (χ0n) is 13.7. The number of para-hydroxylation sites is 1. The summed E-state index contributed by atoms with van der Waals surface area (Å²) in [5, 5.41) is 18.0. The molecule has 2 aromatic carbocycles. The van der Waals surface area contributed by atoms with Crippen LogP contribution in [0, 0.1) is 28.5 Å². The summed E-state index contributed by atoms with van der Waals surface area (Å²) in [5.74, 6) is -0.228. The average Bonchev–Trinajstić information content (AvgIpc) is 2.67. The summed E-state index contributed by atoms with van der Waals surface area (Å²) < 4.78 is 13.1. The molecular weight excluding hydrogens is 315 g/mol. The average molecular weight is 332 g/mol. The maximum absolute atomic E-state index is 13.1. The first kappa shape index (κ1) is 16.5. The number of nitriles is 2. The third-order valence-electron chi connectivity index (χ3n) is 4.29. The molecule has 25 heavy (non-hydrogen) atoms. The van der Waals surface area contributed by atoms with E-state index in [2.05, 4.69) is 9.80 Å². The Morgan fingerprint density at radius 3 is 2.12 bits per heavy atom. The number of hydrogen-bond acceptors (Lipinski definition) is 4. The highest BCUT2D eigenvalue weighted by molar-refractivity contribution is 5.73. The summed E-state index contributed by atoms with van der Waals surface area (Å²) >= 11 is 0. The second-order valence-electron chi connectivity index (χ2n) is 5.79. The zero-order chi connectivity index (χ0) is 17.6. The molecule has 0 bridgehead atoms. The Kier molecular flexibility index (Phi) is 4.97. The summed E-state index contributed by atoms with van der Waals surface area (Å²) in [7, 11) is 0. The van der Waals surface area contributed by atoms with Gasteiger partial charge in [-0.05, 0) is 42.0 Å². The molecule has 3 rings (SSSR count). The van der Waals surface area contributed by atoms with Crippen molar-refractivity contribution >= 4 is 17.5 Å². The van der Waals surface area contributed by atoms with Gasteiger partial charge in [0, 0.05) is 37.6 Å². The smallest absolute Gasteiger partial charge is 0.130 e. The van der Waals surface area contributed by atoms with E-state index < -0.39 is 0 Å². The molecule has 0 unspecified atom stereocenters. The van der Waals surface area contributed by atoms with Crippen molar-refractivity contribution in [3.8, 4) is 12.1 Å². The fraction of sp³-hybridized carbons (Fsp3) is 0.200. The number of anilines is 2.